The predicted molar refractivity (Wildman–Crippen MR) is 64.6 cm³/mol. The lowest BCUT2D eigenvalue weighted by Crippen LogP contribution is -2.44. The molecule has 1 fully saturated rings. The van der Waals surface area contributed by atoms with Crippen LogP contribution >= 0.6 is 0 Å². The van der Waals surface area contributed by atoms with Crippen LogP contribution in [0.2, 0.25) is 0 Å². The minimum atomic E-state index is -0.964. The van der Waals surface area contributed by atoms with Gasteiger partial charge >= 0.3 is 5.97 Å². The van der Waals surface area contributed by atoms with E-state index >= 15 is 0 Å². The van der Waals surface area contributed by atoms with Crippen LogP contribution < -0.4 is 5.32 Å². The number of likely N-dealkylation sites (N-methyl/N-ethyl adjacent to an activating group) is 1. The second kappa shape index (κ2) is 5.99. The van der Waals surface area contributed by atoms with Gasteiger partial charge in [0.15, 0.2) is 0 Å². The molecule has 0 amide bonds. The van der Waals surface area contributed by atoms with E-state index in [4.69, 9.17) is 14.3 Å². The van der Waals surface area contributed by atoms with Gasteiger partial charge in [-0.2, -0.15) is 0 Å². The maximum Gasteiger partial charge on any atom is 0.339 e. The Morgan fingerprint density at radius 3 is 3.22 bits per heavy atom. The van der Waals surface area contributed by atoms with Crippen molar-refractivity contribution in [1.82, 2.24) is 10.2 Å². The van der Waals surface area contributed by atoms with Gasteiger partial charge in [-0.3, -0.25) is 0 Å². The van der Waals surface area contributed by atoms with Gasteiger partial charge in [-0.05, 0) is 13.1 Å². The molecule has 2 N–H and O–H groups in total. The highest BCUT2D eigenvalue weighted by Crippen LogP contribution is 2.10. The van der Waals surface area contributed by atoms with Gasteiger partial charge in [0.1, 0.15) is 11.3 Å². The molecule has 18 heavy (non-hydrogen) atoms. The number of carboxylic acids is 1. The predicted octanol–water partition coefficient (Wildman–Crippen LogP) is 0.398. The van der Waals surface area contributed by atoms with Crippen LogP contribution in [0.4, 0.5) is 0 Å². The Hall–Kier alpha value is -1.37. The smallest absolute Gasteiger partial charge is 0.339 e. The molecule has 100 valence electrons. The van der Waals surface area contributed by atoms with E-state index in [0.29, 0.717) is 18.8 Å². The van der Waals surface area contributed by atoms with Crippen LogP contribution in [0.1, 0.15) is 16.1 Å². The third kappa shape index (κ3) is 3.32. The summed E-state index contributed by atoms with van der Waals surface area (Å²) in [5.41, 5.74) is 0.212. The van der Waals surface area contributed by atoms with E-state index in [-0.39, 0.29) is 11.7 Å². The molecule has 1 aromatic heterocycles. The first kappa shape index (κ1) is 13.1. The molecule has 0 aromatic carbocycles. The summed E-state index contributed by atoms with van der Waals surface area (Å²) in [4.78, 5) is 13.1. The SMILES string of the molecule is CN1CCOC(CNCc2occc2C(=O)O)C1. The number of morpholine rings is 1. The summed E-state index contributed by atoms with van der Waals surface area (Å²) in [5, 5.41) is 12.1. The molecule has 1 atom stereocenters. The maximum atomic E-state index is 10.9. The molecule has 2 rings (SSSR count). The van der Waals surface area contributed by atoms with E-state index in [1.807, 2.05) is 0 Å². The Morgan fingerprint density at radius 2 is 2.50 bits per heavy atom. The fraction of sp³-hybridized carbons (Fsp3) is 0.583. The van der Waals surface area contributed by atoms with E-state index in [9.17, 15) is 4.79 Å². The van der Waals surface area contributed by atoms with Gasteiger partial charge in [-0.1, -0.05) is 0 Å². The zero-order valence-electron chi connectivity index (χ0n) is 10.4. The van der Waals surface area contributed by atoms with Gasteiger partial charge < -0.3 is 24.5 Å². The molecule has 1 aliphatic heterocycles. The Kier molecular flexibility index (Phi) is 4.35. The lowest BCUT2D eigenvalue weighted by Gasteiger charge is -2.30. The summed E-state index contributed by atoms with van der Waals surface area (Å²) in [6.07, 6.45) is 1.54. The van der Waals surface area contributed by atoms with Gasteiger partial charge in [0.25, 0.3) is 0 Å². The van der Waals surface area contributed by atoms with Crippen LogP contribution in [0.25, 0.3) is 0 Å². The molecule has 2 heterocycles. The highest BCUT2D eigenvalue weighted by Gasteiger charge is 2.18. The first-order valence-corrected chi connectivity index (χ1v) is 5.97. The fourth-order valence-electron chi connectivity index (χ4n) is 2.01. The zero-order valence-corrected chi connectivity index (χ0v) is 10.4. The lowest BCUT2D eigenvalue weighted by molar-refractivity contribution is -0.0183. The van der Waals surface area contributed by atoms with Crippen molar-refractivity contribution < 1.29 is 19.1 Å². The van der Waals surface area contributed by atoms with Crippen LogP contribution in [0, 0.1) is 0 Å². The summed E-state index contributed by atoms with van der Waals surface area (Å²) < 4.78 is 10.7. The normalized spacial score (nSPS) is 21.1. The number of ether oxygens (including phenoxy) is 1. The average molecular weight is 254 g/mol. The first-order valence-electron chi connectivity index (χ1n) is 5.97. The quantitative estimate of drug-likeness (QED) is 0.792. The van der Waals surface area contributed by atoms with E-state index in [1.165, 1.54) is 12.3 Å². The molecule has 0 radical (unpaired) electrons. The maximum absolute atomic E-state index is 10.9. The molecule has 1 aromatic rings. The fourth-order valence-corrected chi connectivity index (χ4v) is 2.01. The molecule has 6 nitrogen and oxygen atoms in total. The van der Waals surface area contributed by atoms with Crippen molar-refractivity contribution in [2.75, 3.05) is 33.3 Å². The van der Waals surface area contributed by atoms with Gasteiger partial charge in [0.2, 0.25) is 0 Å². The van der Waals surface area contributed by atoms with Crippen LogP contribution in [0.5, 0.6) is 0 Å². The number of hydrogen-bond donors (Lipinski definition) is 2. The minimum absolute atomic E-state index is 0.145. The minimum Gasteiger partial charge on any atom is -0.478 e. The molecule has 1 unspecified atom stereocenters. The topological polar surface area (TPSA) is 74.9 Å². The summed E-state index contributed by atoms with van der Waals surface area (Å²) in [5.74, 6) is -0.513. The second-order valence-corrected chi connectivity index (χ2v) is 4.45. The Bertz CT molecular complexity index is 405. The molecule has 6 heteroatoms. The average Bonchev–Trinajstić information content (AvgIpc) is 2.77. The Balaban J connectivity index is 1.78. The molecule has 0 bridgehead atoms. The summed E-state index contributed by atoms with van der Waals surface area (Å²) in [6.45, 7) is 3.67. The zero-order chi connectivity index (χ0) is 13.0. The summed E-state index contributed by atoms with van der Waals surface area (Å²) in [7, 11) is 2.06. The molecular formula is C12H18N2O4. The molecular weight excluding hydrogens is 236 g/mol. The monoisotopic (exact) mass is 254 g/mol. The van der Waals surface area contributed by atoms with Crippen molar-refractivity contribution in [3.8, 4) is 0 Å². The number of nitrogens with zero attached hydrogens (tertiary/aromatic N) is 1. The molecule has 0 saturated carbocycles. The largest absolute Gasteiger partial charge is 0.478 e. The first-order chi connectivity index (χ1) is 8.66. The molecule has 1 saturated heterocycles. The number of carboxylic acid groups (broad SMARTS) is 1. The van der Waals surface area contributed by atoms with Crippen molar-refractivity contribution in [2.24, 2.45) is 0 Å². The van der Waals surface area contributed by atoms with Crippen LogP contribution in [-0.2, 0) is 11.3 Å². The van der Waals surface area contributed by atoms with E-state index < -0.39 is 5.97 Å². The van der Waals surface area contributed by atoms with Crippen molar-refractivity contribution in [2.45, 2.75) is 12.6 Å². The van der Waals surface area contributed by atoms with Gasteiger partial charge in [-0.25, -0.2) is 4.79 Å². The van der Waals surface area contributed by atoms with Crippen LogP contribution in [0.3, 0.4) is 0 Å². The lowest BCUT2D eigenvalue weighted by atomic mass is 10.2. The number of hydrogen-bond acceptors (Lipinski definition) is 5. The van der Waals surface area contributed by atoms with Gasteiger partial charge in [0.05, 0.1) is 25.5 Å². The molecule has 1 aliphatic rings. The highest BCUT2D eigenvalue weighted by atomic mass is 16.5. The second-order valence-electron chi connectivity index (χ2n) is 4.45. The number of aromatic carboxylic acids is 1. The highest BCUT2D eigenvalue weighted by molar-refractivity contribution is 5.88. The summed E-state index contributed by atoms with van der Waals surface area (Å²) >= 11 is 0. The number of carbonyl (C=O) groups is 1. The van der Waals surface area contributed by atoms with E-state index in [0.717, 1.165) is 19.7 Å². The number of nitrogens with one attached hydrogen (secondary N) is 1. The van der Waals surface area contributed by atoms with Crippen molar-refractivity contribution in [3.05, 3.63) is 23.7 Å². The van der Waals surface area contributed by atoms with Gasteiger partial charge in [-0.15, -0.1) is 0 Å². The molecule has 0 aliphatic carbocycles. The van der Waals surface area contributed by atoms with Crippen LogP contribution in [-0.4, -0.2) is 55.4 Å². The number of furan rings is 1. The summed E-state index contributed by atoms with van der Waals surface area (Å²) in [6, 6.07) is 1.46. The van der Waals surface area contributed by atoms with Crippen molar-refractivity contribution in [1.29, 1.82) is 0 Å². The van der Waals surface area contributed by atoms with E-state index in [2.05, 4.69) is 17.3 Å². The van der Waals surface area contributed by atoms with Crippen molar-refractivity contribution in [3.63, 3.8) is 0 Å². The molecule has 0 spiro atoms. The third-order valence-corrected chi connectivity index (χ3v) is 2.98. The van der Waals surface area contributed by atoms with Gasteiger partial charge in [0, 0.05) is 19.6 Å². The van der Waals surface area contributed by atoms with Crippen LogP contribution in [0.15, 0.2) is 16.7 Å². The standard InChI is InChI=1S/C12H18N2O4/c1-14-3-5-17-9(8-14)6-13-7-11-10(12(15)16)2-4-18-11/h2,4,9,13H,3,5-8H2,1H3,(H,15,16). The number of rotatable bonds is 5. The third-order valence-electron chi connectivity index (χ3n) is 2.98. The Labute approximate surface area is 106 Å². The van der Waals surface area contributed by atoms with Crippen molar-refractivity contribution >= 4 is 5.97 Å². The van der Waals surface area contributed by atoms with E-state index in [1.54, 1.807) is 0 Å². The Morgan fingerprint density at radius 1 is 1.67 bits per heavy atom.